The lowest BCUT2D eigenvalue weighted by Gasteiger charge is -2.30. The zero-order valence-corrected chi connectivity index (χ0v) is 33.5. The van der Waals surface area contributed by atoms with E-state index in [2.05, 4.69) is 31.6 Å². The molecule has 3 aliphatic rings. The van der Waals surface area contributed by atoms with Crippen molar-refractivity contribution < 1.29 is 48.3 Å². The molecule has 0 aromatic heterocycles. The summed E-state index contributed by atoms with van der Waals surface area (Å²) in [7, 11) is 0. The van der Waals surface area contributed by atoms with Crippen molar-refractivity contribution in [2.75, 3.05) is 45.8 Å². The number of amides is 8. The predicted molar refractivity (Wildman–Crippen MR) is 208 cm³/mol. The molecule has 3 heterocycles. The number of nitrogens with zero attached hydrogens (tertiary/aromatic N) is 4. The molecule has 0 radical (unpaired) electrons. The minimum atomic E-state index is -1.22. The van der Waals surface area contributed by atoms with Gasteiger partial charge in [-0.1, -0.05) is 13.8 Å². The topological polar surface area (TPSA) is 334 Å². The highest BCUT2D eigenvalue weighted by Gasteiger charge is 2.40. The Kier molecular flexibility index (Phi) is 18.1. The zero-order valence-electron chi connectivity index (χ0n) is 33.5. The van der Waals surface area contributed by atoms with Crippen molar-refractivity contribution in [3.63, 3.8) is 0 Å². The average molecular weight is 821 g/mol. The van der Waals surface area contributed by atoms with Crippen LogP contribution in [-0.2, 0) is 43.2 Å². The van der Waals surface area contributed by atoms with Gasteiger partial charge in [0, 0.05) is 26.2 Å². The molecule has 0 aliphatic carbocycles. The Balaban J connectivity index is 1.58. The molecular weight excluding hydrogens is 760 g/mol. The normalized spacial score (nSPS) is 20.4. The number of guanidine groups is 1. The summed E-state index contributed by atoms with van der Waals surface area (Å²) < 4.78 is 0. The summed E-state index contributed by atoms with van der Waals surface area (Å²) in [6.07, 6.45) is 3.29. The maximum Gasteiger partial charge on any atom is 0.325 e. The van der Waals surface area contributed by atoms with Crippen LogP contribution in [0.5, 0.6) is 0 Å². The van der Waals surface area contributed by atoms with Crippen molar-refractivity contribution in [1.82, 2.24) is 41.3 Å². The van der Waals surface area contributed by atoms with E-state index in [0.717, 1.165) is 0 Å². The monoisotopic (exact) mass is 820 g/mol. The third-order valence-electron chi connectivity index (χ3n) is 10.2. The molecule has 3 rings (SSSR count). The molecule has 324 valence electrons. The Labute approximate surface area is 337 Å². The summed E-state index contributed by atoms with van der Waals surface area (Å²) in [6.45, 7) is 4.71. The van der Waals surface area contributed by atoms with Gasteiger partial charge in [-0.2, -0.15) is 0 Å². The Bertz CT molecular complexity index is 1570. The van der Waals surface area contributed by atoms with Gasteiger partial charge in [-0.25, -0.2) is 0 Å². The van der Waals surface area contributed by atoms with E-state index in [-0.39, 0.29) is 57.4 Å². The Morgan fingerprint density at radius 3 is 1.71 bits per heavy atom. The van der Waals surface area contributed by atoms with Crippen LogP contribution in [0.25, 0.3) is 0 Å². The second kappa shape index (κ2) is 22.4. The largest absolute Gasteiger partial charge is 0.480 e. The van der Waals surface area contributed by atoms with E-state index < -0.39 is 103 Å². The zero-order chi connectivity index (χ0) is 43.1. The molecule has 3 aliphatic heterocycles. The Morgan fingerprint density at radius 1 is 0.690 bits per heavy atom. The van der Waals surface area contributed by atoms with Crippen LogP contribution in [0, 0.1) is 5.92 Å². The van der Waals surface area contributed by atoms with Crippen LogP contribution in [0.3, 0.4) is 0 Å². The SMILES string of the molecule is CC(C)C[C@H](NC(=O)CNC(=O)[C@@H]1CCCN1C(=O)[C@H](CCCN=C(N)N)NC(=O)CN)C(=O)N1CCC[C@H]1C(=O)NCC(=O)N1CCC[C@H]1C(=O)N[C@@H](C)C(=O)O. The first-order valence-electron chi connectivity index (χ1n) is 19.8. The number of hydrogen-bond donors (Lipinski definition) is 9. The Morgan fingerprint density at radius 2 is 1.19 bits per heavy atom. The van der Waals surface area contributed by atoms with E-state index in [9.17, 15) is 43.2 Å². The van der Waals surface area contributed by atoms with Crippen molar-refractivity contribution in [2.45, 2.75) is 115 Å². The minimum absolute atomic E-state index is 0.0503. The van der Waals surface area contributed by atoms with Crippen molar-refractivity contribution in [2.24, 2.45) is 28.1 Å². The summed E-state index contributed by atoms with van der Waals surface area (Å²) in [6, 6.07) is -5.86. The van der Waals surface area contributed by atoms with Crippen LogP contribution in [0.15, 0.2) is 4.99 Å². The van der Waals surface area contributed by atoms with Crippen LogP contribution < -0.4 is 43.8 Å². The van der Waals surface area contributed by atoms with Gasteiger partial charge in [0.25, 0.3) is 0 Å². The molecule has 0 saturated carbocycles. The molecule has 8 amide bonds. The lowest BCUT2D eigenvalue weighted by atomic mass is 10.0. The molecule has 0 unspecified atom stereocenters. The highest BCUT2D eigenvalue weighted by atomic mass is 16.4. The standard InChI is InChI=1S/C36H60N12O10/c1-20(2)16-23(34(56)48-15-7-10-25(48)31(53)42-19-29(51)46-13-5-11-26(46)32(54)43-21(3)35(57)58)45-28(50)18-41-30(52)24-9-6-14-47(24)33(55)22(44-27(49)17-37)8-4-12-40-36(38)39/h20-26H,4-19,37H2,1-3H3,(H,41,52)(H,42,53)(H,43,54)(H,44,49)(H,45,50)(H,57,58)(H4,38,39,40)/t21-,22-,23-,24-,25-,26-/m0/s1. The first kappa shape index (κ1) is 46.8. The summed E-state index contributed by atoms with van der Waals surface area (Å²) in [5, 5.41) is 21.9. The second-order valence-electron chi connectivity index (χ2n) is 15.2. The number of carbonyl (C=O) groups is 9. The fourth-order valence-corrected chi connectivity index (χ4v) is 7.34. The van der Waals surface area contributed by atoms with E-state index >= 15 is 0 Å². The highest BCUT2D eigenvalue weighted by molar-refractivity contribution is 5.97. The smallest absolute Gasteiger partial charge is 0.325 e. The molecular formula is C36H60N12O10. The number of aliphatic carboxylic acids is 1. The molecule has 12 N–H and O–H groups in total. The fraction of sp³-hybridized carbons (Fsp3) is 0.722. The average Bonchev–Trinajstić information content (AvgIpc) is 3.97. The van der Waals surface area contributed by atoms with Crippen LogP contribution in [0.1, 0.15) is 78.6 Å². The van der Waals surface area contributed by atoms with Gasteiger partial charge >= 0.3 is 5.97 Å². The first-order valence-corrected chi connectivity index (χ1v) is 19.8. The molecule has 3 saturated heterocycles. The first-order chi connectivity index (χ1) is 27.4. The predicted octanol–water partition coefficient (Wildman–Crippen LogP) is -4.19. The van der Waals surface area contributed by atoms with E-state index in [0.29, 0.717) is 44.9 Å². The van der Waals surface area contributed by atoms with Gasteiger partial charge in [-0.05, 0) is 70.6 Å². The van der Waals surface area contributed by atoms with Gasteiger partial charge in [-0.15, -0.1) is 0 Å². The van der Waals surface area contributed by atoms with Gasteiger partial charge in [0.2, 0.25) is 47.3 Å². The molecule has 0 aromatic rings. The van der Waals surface area contributed by atoms with Gasteiger partial charge in [0.1, 0.15) is 36.3 Å². The molecule has 6 atom stereocenters. The number of aliphatic imine (C=N–C) groups is 1. The molecule has 0 aromatic carbocycles. The molecule has 22 nitrogen and oxygen atoms in total. The number of carboxylic acids is 1. The third kappa shape index (κ3) is 13.5. The summed E-state index contributed by atoms with van der Waals surface area (Å²) in [5.41, 5.74) is 16.2. The number of nitrogens with two attached hydrogens (primary N) is 3. The summed E-state index contributed by atoms with van der Waals surface area (Å²) >= 11 is 0. The number of rotatable bonds is 20. The van der Waals surface area contributed by atoms with Gasteiger partial charge in [-0.3, -0.25) is 48.1 Å². The number of hydrogen-bond acceptors (Lipinski definition) is 11. The Hall–Kier alpha value is -5.54. The third-order valence-corrected chi connectivity index (χ3v) is 10.2. The van der Waals surface area contributed by atoms with E-state index in [1.807, 2.05) is 13.8 Å². The summed E-state index contributed by atoms with van der Waals surface area (Å²) in [5.74, 6) is -5.87. The number of carboxylic acid groups (broad SMARTS) is 1. The molecule has 0 bridgehead atoms. The van der Waals surface area contributed by atoms with Gasteiger partial charge in [0.15, 0.2) is 5.96 Å². The second-order valence-corrected chi connectivity index (χ2v) is 15.2. The van der Waals surface area contributed by atoms with Crippen molar-refractivity contribution >= 4 is 59.2 Å². The van der Waals surface area contributed by atoms with Crippen LogP contribution in [0.4, 0.5) is 0 Å². The highest BCUT2D eigenvalue weighted by Crippen LogP contribution is 2.22. The quantitative estimate of drug-likeness (QED) is 0.0320. The van der Waals surface area contributed by atoms with Gasteiger partial charge in [0.05, 0.1) is 19.6 Å². The van der Waals surface area contributed by atoms with Crippen LogP contribution >= 0.6 is 0 Å². The number of carbonyl (C=O) groups excluding carboxylic acids is 8. The van der Waals surface area contributed by atoms with Crippen molar-refractivity contribution in [3.05, 3.63) is 0 Å². The maximum atomic E-state index is 13.9. The van der Waals surface area contributed by atoms with Gasteiger partial charge < -0.3 is 63.6 Å². The molecule has 22 heteroatoms. The van der Waals surface area contributed by atoms with E-state index in [4.69, 9.17) is 22.3 Å². The summed E-state index contributed by atoms with van der Waals surface area (Å²) in [4.78, 5) is 124. The van der Waals surface area contributed by atoms with Crippen LogP contribution in [-0.4, -0.2) is 161 Å². The van der Waals surface area contributed by atoms with Crippen LogP contribution in [0.2, 0.25) is 0 Å². The maximum absolute atomic E-state index is 13.9. The lowest BCUT2D eigenvalue weighted by molar-refractivity contribution is -0.144. The molecule has 0 spiro atoms. The van der Waals surface area contributed by atoms with Crippen molar-refractivity contribution in [1.29, 1.82) is 0 Å². The van der Waals surface area contributed by atoms with Crippen molar-refractivity contribution in [3.8, 4) is 0 Å². The lowest BCUT2D eigenvalue weighted by Crippen LogP contribution is -2.57. The molecule has 3 fully saturated rings. The fourth-order valence-electron chi connectivity index (χ4n) is 7.34. The minimum Gasteiger partial charge on any atom is -0.480 e. The number of nitrogens with one attached hydrogen (secondary N) is 5. The van der Waals surface area contributed by atoms with E-state index in [1.165, 1.54) is 21.6 Å². The molecule has 58 heavy (non-hydrogen) atoms. The number of likely N-dealkylation sites (tertiary alicyclic amines) is 3. The van der Waals surface area contributed by atoms with E-state index in [1.54, 1.807) is 0 Å².